The van der Waals surface area contributed by atoms with E-state index in [9.17, 15) is 9.90 Å². The summed E-state index contributed by atoms with van der Waals surface area (Å²) in [5, 5.41) is 21.0. The highest BCUT2D eigenvalue weighted by atomic mass is 16.3. The summed E-state index contributed by atoms with van der Waals surface area (Å²) >= 11 is 0. The molecule has 0 aromatic heterocycles. The van der Waals surface area contributed by atoms with E-state index in [4.69, 9.17) is 5.11 Å². The molecule has 0 saturated heterocycles. The summed E-state index contributed by atoms with van der Waals surface area (Å²) < 4.78 is 0. The van der Waals surface area contributed by atoms with E-state index in [0.717, 1.165) is 30.0 Å². The van der Waals surface area contributed by atoms with Gasteiger partial charge >= 0.3 is 0 Å². The molecule has 2 aromatic carbocycles. The van der Waals surface area contributed by atoms with Crippen molar-refractivity contribution in [2.45, 2.75) is 31.7 Å². The molecule has 4 nitrogen and oxygen atoms in total. The van der Waals surface area contributed by atoms with Gasteiger partial charge in [-0.15, -0.1) is 0 Å². The van der Waals surface area contributed by atoms with Gasteiger partial charge in [0.15, 0.2) is 0 Å². The average molecular weight is 299 g/mol. The van der Waals surface area contributed by atoms with Gasteiger partial charge in [-0.25, -0.2) is 0 Å². The smallest absolute Gasteiger partial charge is 0.257 e. The molecule has 1 saturated carbocycles. The molecule has 22 heavy (non-hydrogen) atoms. The van der Waals surface area contributed by atoms with Crippen LogP contribution >= 0.6 is 0 Å². The van der Waals surface area contributed by atoms with Gasteiger partial charge in [0.2, 0.25) is 0 Å². The zero-order valence-electron chi connectivity index (χ0n) is 12.5. The molecule has 4 heteroatoms. The van der Waals surface area contributed by atoms with Gasteiger partial charge in [0, 0.05) is 19.2 Å². The van der Waals surface area contributed by atoms with Crippen LogP contribution in [0.25, 0.3) is 10.8 Å². The molecule has 0 radical (unpaired) electrons. The Labute approximate surface area is 130 Å². The number of benzene rings is 2. The SMILES string of the molecule is O=C(c1cc2ccccc2cc1O)N(CCCCO)C1CC1. The van der Waals surface area contributed by atoms with Crippen LogP contribution in [0.15, 0.2) is 36.4 Å². The van der Waals surface area contributed by atoms with Crippen LogP contribution in [0, 0.1) is 0 Å². The Morgan fingerprint density at radius 2 is 1.82 bits per heavy atom. The van der Waals surface area contributed by atoms with Crippen molar-refractivity contribution in [3.8, 4) is 5.75 Å². The summed E-state index contributed by atoms with van der Waals surface area (Å²) in [4.78, 5) is 14.6. The van der Waals surface area contributed by atoms with Crippen molar-refractivity contribution in [2.75, 3.05) is 13.2 Å². The first-order valence-corrected chi connectivity index (χ1v) is 7.84. The number of phenolic OH excluding ortho intramolecular Hbond substituents is 1. The van der Waals surface area contributed by atoms with Crippen molar-refractivity contribution < 1.29 is 15.0 Å². The topological polar surface area (TPSA) is 60.8 Å². The first-order chi connectivity index (χ1) is 10.7. The number of aromatic hydroxyl groups is 1. The van der Waals surface area contributed by atoms with E-state index in [0.29, 0.717) is 18.5 Å². The molecule has 1 amide bonds. The lowest BCUT2D eigenvalue weighted by Gasteiger charge is -2.23. The Hall–Kier alpha value is -2.07. The largest absolute Gasteiger partial charge is 0.507 e. The Morgan fingerprint density at radius 1 is 1.14 bits per heavy atom. The summed E-state index contributed by atoms with van der Waals surface area (Å²) in [5.74, 6) is -0.0693. The molecule has 0 spiro atoms. The fraction of sp³-hybridized carbons (Fsp3) is 0.389. The number of aliphatic hydroxyl groups is 1. The molecular weight excluding hydrogens is 278 g/mol. The Bertz CT molecular complexity index is 679. The van der Waals surface area contributed by atoms with Crippen LogP contribution in [0.1, 0.15) is 36.0 Å². The minimum atomic E-state index is -0.108. The number of nitrogens with zero attached hydrogens (tertiary/aromatic N) is 1. The fourth-order valence-electron chi connectivity index (χ4n) is 2.78. The van der Waals surface area contributed by atoms with E-state index in [1.54, 1.807) is 12.1 Å². The summed E-state index contributed by atoms with van der Waals surface area (Å²) in [5.41, 5.74) is 0.370. The number of unbranched alkanes of at least 4 members (excludes halogenated alkanes) is 1. The molecule has 2 N–H and O–H groups in total. The monoisotopic (exact) mass is 299 g/mol. The lowest BCUT2D eigenvalue weighted by Crippen LogP contribution is -2.34. The quantitative estimate of drug-likeness (QED) is 0.806. The second kappa shape index (κ2) is 6.36. The fourth-order valence-corrected chi connectivity index (χ4v) is 2.78. The van der Waals surface area contributed by atoms with Gasteiger partial charge in [0.1, 0.15) is 5.75 Å². The van der Waals surface area contributed by atoms with E-state index in [2.05, 4.69) is 0 Å². The first-order valence-electron chi connectivity index (χ1n) is 7.84. The third-order valence-corrected chi connectivity index (χ3v) is 4.15. The molecular formula is C18H21NO3. The standard InChI is InChI=1S/C18H21NO3/c20-10-4-3-9-19(15-7-8-15)18(22)16-11-13-5-1-2-6-14(13)12-17(16)21/h1-2,5-6,11-12,15,20-21H,3-4,7-10H2. The van der Waals surface area contributed by atoms with E-state index >= 15 is 0 Å². The van der Waals surface area contributed by atoms with Crippen LogP contribution < -0.4 is 0 Å². The predicted octanol–water partition coefficient (Wildman–Crippen LogP) is 2.92. The zero-order valence-corrected chi connectivity index (χ0v) is 12.5. The Morgan fingerprint density at radius 3 is 2.45 bits per heavy atom. The molecule has 0 bridgehead atoms. The normalized spacial score (nSPS) is 14.2. The Balaban J connectivity index is 1.87. The highest BCUT2D eigenvalue weighted by Crippen LogP contribution is 2.32. The highest BCUT2D eigenvalue weighted by Gasteiger charge is 2.33. The van der Waals surface area contributed by atoms with Gasteiger partial charge in [-0.3, -0.25) is 4.79 Å². The number of carbonyl (C=O) groups excluding carboxylic acids is 1. The molecule has 0 unspecified atom stereocenters. The van der Waals surface area contributed by atoms with Crippen molar-refractivity contribution in [1.82, 2.24) is 4.90 Å². The second-order valence-electron chi connectivity index (χ2n) is 5.88. The summed E-state index contributed by atoms with van der Waals surface area (Å²) in [7, 11) is 0. The van der Waals surface area contributed by atoms with Crippen LogP contribution in [-0.4, -0.2) is 40.2 Å². The number of carbonyl (C=O) groups is 1. The lowest BCUT2D eigenvalue weighted by atomic mass is 10.0. The maximum atomic E-state index is 12.8. The minimum Gasteiger partial charge on any atom is -0.507 e. The maximum Gasteiger partial charge on any atom is 0.257 e. The third kappa shape index (κ3) is 3.07. The van der Waals surface area contributed by atoms with Gasteiger partial charge in [-0.1, -0.05) is 24.3 Å². The van der Waals surface area contributed by atoms with Gasteiger partial charge in [0.25, 0.3) is 5.91 Å². The number of amides is 1. The van der Waals surface area contributed by atoms with Gasteiger partial charge in [0.05, 0.1) is 5.56 Å². The highest BCUT2D eigenvalue weighted by molar-refractivity contribution is 6.01. The van der Waals surface area contributed by atoms with Crippen LogP contribution in [0.2, 0.25) is 0 Å². The van der Waals surface area contributed by atoms with E-state index in [1.165, 1.54) is 0 Å². The number of hydrogen-bond acceptors (Lipinski definition) is 3. The van der Waals surface area contributed by atoms with Crippen molar-refractivity contribution in [3.05, 3.63) is 42.0 Å². The van der Waals surface area contributed by atoms with Crippen molar-refractivity contribution in [3.63, 3.8) is 0 Å². The molecule has 0 atom stereocenters. The number of hydrogen-bond donors (Lipinski definition) is 2. The van der Waals surface area contributed by atoms with Crippen LogP contribution in [0.5, 0.6) is 5.75 Å². The summed E-state index contributed by atoms with van der Waals surface area (Å²) in [6, 6.07) is 11.4. The third-order valence-electron chi connectivity index (χ3n) is 4.15. The van der Waals surface area contributed by atoms with Crippen molar-refractivity contribution in [1.29, 1.82) is 0 Å². The summed E-state index contributed by atoms with van der Waals surface area (Å²) in [6.45, 7) is 0.782. The minimum absolute atomic E-state index is 0.0384. The van der Waals surface area contributed by atoms with Gasteiger partial charge < -0.3 is 15.1 Å². The van der Waals surface area contributed by atoms with E-state index in [1.807, 2.05) is 29.2 Å². The molecule has 3 rings (SSSR count). The van der Waals surface area contributed by atoms with Gasteiger partial charge in [-0.2, -0.15) is 0 Å². The van der Waals surface area contributed by atoms with Crippen LogP contribution in [0.3, 0.4) is 0 Å². The van der Waals surface area contributed by atoms with E-state index in [-0.39, 0.29) is 24.3 Å². The Kier molecular flexibility index (Phi) is 4.29. The molecule has 1 fully saturated rings. The second-order valence-corrected chi connectivity index (χ2v) is 5.88. The molecule has 0 aliphatic heterocycles. The van der Waals surface area contributed by atoms with Gasteiger partial charge in [-0.05, 0) is 48.6 Å². The van der Waals surface area contributed by atoms with Crippen molar-refractivity contribution >= 4 is 16.7 Å². The van der Waals surface area contributed by atoms with Crippen LogP contribution in [0.4, 0.5) is 0 Å². The number of phenols is 1. The van der Waals surface area contributed by atoms with E-state index < -0.39 is 0 Å². The molecule has 0 heterocycles. The molecule has 1 aliphatic rings. The number of rotatable bonds is 6. The maximum absolute atomic E-state index is 12.8. The zero-order chi connectivity index (χ0) is 15.5. The lowest BCUT2D eigenvalue weighted by molar-refractivity contribution is 0.0734. The van der Waals surface area contributed by atoms with Crippen molar-refractivity contribution in [2.24, 2.45) is 0 Å². The van der Waals surface area contributed by atoms with Crippen LogP contribution in [-0.2, 0) is 0 Å². The molecule has 1 aliphatic carbocycles. The number of fused-ring (bicyclic) bond motifs is 1. The average Bonchev–Trinajstić information content (AvgIpc) is 3.35. The molecule has 2 aromatic rings. The number of aliphatic hydroxyl groups excluding tert-OH is 1. The first kappa shape index (κ1) is 14.9. The predicted molar refractivity (Wildman–Crippen MR) is 86.0 cm³/mol. The summed E-state index contributed by atoms with van der Waals surface area (Å²) in [6.07, 6.45) is 3.53. The molecule has 116 valence electrons.